The molecule has 27 heavy (non-hydrogen) atoms. The number of halogens is 1. The van der Waals surface area contributed by atoms with Crippen molar-refractivity contribution in [2.75, 3.05) is 5.32 Å². The van der Waals surface area contributed by atoms with E-state index in [-0.39, 0.29) is 24.5 Å². The van der Waals surface area contributed by atoms with Crippen molar-refractivity contribution in [3.8, 4) is 0 Å². The molecule has 0 saturated heterocycles. The number of hydrogen-bond acceptors (Lipinski definition) is 3. The van der Waals surface area contributed by atoms with Crippen molar-refractivity contribution in [3.63, 3.8) is 0 Å². The SMILES string of the molecule is O=C(Cc1ccccc1Cl)N[C@@H]1CCC[C@@H](OC(=O)Nc2ccccc2)C1. The van der Waals surface area contributed by atoms with Gasteiger partial charge < -0.3 is 10.1 Å². The summed E-state index contributed by atoms with van der Waals surface area (Å²) >= 11 is 6.11. The molecule has 3 rings (SSSR count). The van der Waals surface area contributed by atoms with E-state index in [1.807, 2.05) is 36.4 Å². The van der Waals surface area contributed by atoms with Crippen molar-refractivity contribution in [2.24, 2.45) is 0 Å². The number of rotatable bonds is 5. The Morgan fingerprint density at radius 2 is 1.78 bits per heavy atom. The Morgan fingerprint density at radius 3 is 2.56 bits per heavy atom. The molecule has 1 aliphatic carbocycles. The molecule has 0 spiro atoms. The Bertz CT molecular complexity index is 782. The molecule has 2 aromatic rings. The van der Waals surface area contributed by atoms with Crippen LogP contribution in [0.25, 0.3) is 0 Å². The average molecular weight is 387 g/mol. The third kappa shape index (κ3) is 6.00. The Hall–Kier alpha value is -2.53. The quantitative estimate of drug-likeness (QED) is 0.791. The van der Waals surface area contributed by atoms with Gasteiger partial charge in [0.25, 0.3) is 0 Å². The molecule has 2 amide bonds. The fourth-order valence-electron chi connectivity index (χ4n) is 3.30. The summed E-state index contributed by atoms with van der Waals surface area (Å²) < 4.78 is 5.52. The molecule has 1 saturated carbocycles. The zero-order chi connectivity index (χ0) is 19.1. The normalized spacial score (nSPS) is 19.1. The summed E-state index contributed by atoms with van der Waals surface area (Å²) in [5.41, 5.74) is 1.51. The van der Waals surface area contributed by atoms with Gasteiger partial charge in [-0.1, -0.05) is 48.0 Å². The molecule has 0 radical (unpaired) electrons. The topological polar surface area (TPSA) is 67.4 Å². The molecule has 5 nitrogen and oxygen atoms in total. The average Bonchev–Trinajstić information content (AvgIpc) is 2.64. The molecule has 2 N–H and O–H groups in total. The predicted molar refractivity (Wildman–Crippen MR) is 106 cm³/mol. The molecule has 0 heterocycles. The monoisotopic (exact) mass is 386 g/mol. The van der Waals surface area contributed by atoms with Crippen LogP contribution in [-0.2, 0) is 16.0 Å². The molecule has 0 bridgehead atoms. The number of carbonyl (C=O) groups excluding carboxylic acids is 2. The Labute approximate surface area is 164 Å². The van der Waals surface area contributed by atoms with E-state index >= 15 is 0 Å². The van der Waals surface area contributed by atoms with Crippen LogP contribution < -0.4 is 10.6 Å². The van der Waals surface area contributed by atoms with Crippen LogP contribution in [0, 0.1) is 0 Å². The number of hydrogen-bond donors (Lipinski definition) is 2. The second-order valence-electron chi connectivity index (χ2n) is 6.72. The van der Waals surface area contributed by atoms with Gasteiger partial charge in [-0.15, -0.1) is 0 Å². The highest BCUT2D eigenvalue weighted by Gasteiger charge is 2.26. The number of ether oxygens (including phenoxy) is 1. The van der Waals surface area contributed by atoms with E-state index in [1.54, 1.807) is 18.2 Å². The minimum Gasteiger partial charge on any atom is -0.446 e. The van der Waals surface area contributed by atoms with Crippen LogP contribution in [0.5, 0.6) is 0 Å². The number of carbonyl (C=O) groups is 2. The minimum atomic E-state index is -0.464. The third-order valence-electron chi connectivity index (χ3n) is 4.59. The molecule has 0 aliphatic heterocycles. The summed E-state index contributed by atoms with van der Waals surface area (Å²) in [5.74, 6) is -0.0671. The molecule has 2 aromatic carbocycles. The molecule has 0 unspecified atom stereocenters. The number of nitrogens with one attached hydrogen (secondary N) is 2. The summed E-state index contributed by atoms with van der Waals surface area (Å²) in [4.78, 5) is 24.4. The van der Waals surface area contributed by atoms with Crippen molar-refractivity contribution in [1.82, 2.24) is 5.32 Å². The lowest BCUT2D eigenvalue weighted by atomic mass is 9.92. The molecular formula is C21H23ClN2O3. The Morgan fingerprint density at radius 1 is 1.04 bits per heavy atom. The van der Waals surface area contributed by atoms with E-state index in [1.165, 1.54) is 0 Å². The Balaban J connectivity index is 1.46. The molecule has 142 valence electrons. The lowest BCUT2D eigenvalue weighted by Crippen LogP contribution is -2.41. The van der Waals surface area contributed by atoms with E-state index in [0.717, 1.165) is 24.8 Å². The highest BCUT2D eigenvalue weighted by Crippen LogP contribution is 2.22. The van der Waals surface area contributed by atoms with Crippen LogP contribution in [0.15, 0.2) is 54.6 Å². The molecule has 0 aromatic heterocycles. The molecule has 6 heteroatoms. The van der Waals surface area contributed by atoms with Crippen LogP contribution in [-0.4, -0.2) is 24.1 Å². The summed E-state index contributed by atoms with van der Waals surface area (Å²) in [6, 6.07) is 16.5. The Kier molecular flexibility index (Phi) is 6.71. The second-order valence-corrected chi connectivity index (χ2v) is 7.12. The first-order valence-electron chi connectivity index (χ1n) is 9.15. The third-order valence-corrected chi connectivity index (χ3v) is 4.96. The van der Waals surface area contributed by atoms with Crippen LogP contribution >= 0.6 is 11.6 Å². The highest BCUT2D eigenvalue weighted by atomic mass is 35.5. The highest BCUT2D eigenvalue weighted by molar-refractivity contribution is 6.31. The van der Waals surface area contributed by atoms with Crippen molar-refractivity contribution in [3.05, 3.63) is 65.2 Å². The van der Waals surface area contributed by atoms with Gasteiger partial charge in [-0.25, -0.2) is 4.79 Å². The van der Waals surface area contributed by atoms with Gasteiger partial charge in [-0.3, -0.25) is 10.1 Å². The molecular weight excluding hydrogens is 364 g/mol. The van der Waals surface area contributed by atoms with Gasteiger partial charge in [0.1, 0.15) is 6.10 Å². The molecule has 1 aliphatic rings. The number of amides is 2. The zero-order valence-electron chi connectivity index (χ0n) is 15.0. The lowest BCUT2D eigenvalue weighted by molar-refractivity contribution is -0.121. The molecule has 2 atom stereocenters. The maximum Gasteiger partial charge on any atom is 0.411 e. The van der Waals surface area contributed by atoms with Gasteiger partial charge in [-0.2, -0.15) is 0 Å². The largest absolute Gasteiger partial charge is 0.446 e. The number of para-hydroxylation sites is 1. The predicted octanol–water partition coefficient (Wildman–Crippen LogP) is 4.56. The maximum atomic E-state index is 12.3. The number of anilines is 1. The van der Waals surface area contributed by atoms with E-state index in [9.17, 15) is 9.59 Å². The zero-order valence-corrected chi connectivity index (χ0v) is 15.7. The standard InChI is InChI=1S/C21H23ClN2O3/c22-19-12-5-4-7-15(19)13-20(25)23-17-10-6-11-18(14-17)27-21(26)24-16-8-2-1-3-9-16/h1-5,7-9,12,17-18H,6,10-11,13-14H2,(H,23,25)(H,24,26)/t17-,18-/m1/s1. The van der Waals surface area contributed by atoms with Crippen LogP contribution in [0.3, 0.4) is 0 Å². The summed E-state index contributed by atoms with van der Waals surface area (Å²) in [6.45, 7) is 0. The first-order chi connectivity index (χ1) is 13.1. The van der Waals surface area contributed by atoms with Gasteiger partial charge in [0.05, 0.1) is 6.42 Å². The van der Waals surface area contributed by atoms with Crippen molar-refractivity contribution in [2.45, 2.75) is 44.2 Å². The lowest BCUT2D eigenvalue weighted by Gasteiger charge is -2.29. The van der Waals surface area contributed by atoms with Gasteiger partial charge in [0.15, 0.2) is 0 Å². The van der Waals surface area contributed by atoms with Gasteiger partial charge in [-0.05, 0) is 43.0 Å². The number of benzene rings is 2. The van der Waals surface area contributed by atoms with E-state index < -0.39 is 6.09 Å². The molecule has 1 fully saturated rings. The van der Waals surface area contributed by atoms with Gasteiger partial charge >= 0.3 is 6.09 Å². The van der Waals surface area contributed by atoms with Crippen molar-refractivity contribution in [1.29, 1.82) is 0 Å². The van der Waals surface area contributed by atoms with Crippen molar-refractivity contribution >= 4 is 29.3 Å². The summed E-state index contributed by atoms with van der Waals surface area (Å²) in [7, 11) is 0. The smallest absolute Gasteiger partial charge is 0.411 e. The van der Waals surface area contributed by atoms with Gasteiger partial charge in [0.2, 0.25) is 5.91 Å². The van der Waals surface area contributed by atoms with E-state index in [4.69, 9.17) is 16.3 Å². The van der Waals surface area contributed by atoms with Crippen LogP contribution in [0.4, 0.5) is 10.5 Å². The first-order valence-corrected chi connectivity index (χ1v) is 9.53. The van der Waals surface area contributed by atoms with Crippen molar-refractivity contribution < 1.29 is 14.3 Å². The van der Waals surface area contributed by atoms with E-state index in [2.05, 4.69) is 10.6 Å². The van der Waals surface area contributed by atoms with Crippen LogP contribution in [0.1, 0.15) is 31.2 Å². The minimum absolute atomic E-state index is 0.00302. The first kappa shape index (κ1) is 19.2. The van der Waals surface area contributed by atoms with Gasteiger partial charge in [0, 0.05) is 23.2 Å². The fourth-order valence-corrected chi connectivity index (χ4v) is 3.50. The fraction of sp³-hybridized carbons (Fsp3) is 0.333. The maximum absolute atomic E-state index is 12.3. The summed E-state index contributed by atoms with van der Waals surface area (Å²) in [5, 5.41) is 6.35. The summed E-state index contributed by atoms with van der Waals surface area (Å²) in [6.07, 6.45) is 2.79. The van der Waals surface area contributed by atoms with Crippen LogP contribution in [0.2, 0.25) is 5.02 Å². The second kappa shape index (κ2) is 9.42. The van der Waals surface area contributed by atoms with E-state index in [0.29, 0.717) is 17.1 Å².